The molecular formula is C11H6F3N3O2S. The van der Waals surface area contributed by atoms with E-state index >= 15 is 0 Å². The summed E-state index contributed by atoms with van der Waals surface area (Å²) in [4.78, 5) is 10.7. The van der Waals surface area contributed by atoms with E-state index < -0.39 is 16.6 Å². The Labute approximate surface area is 112 Å². The normalized spacial score (nSPS) is 13.8. The molecule has 0 saturated heterocycles. The number of alkyl halides is 3. The molecule has 0 bridgehead atoms. The molecule has 3 heterocycles. The summed E-state index contributed by atoms with van der Waals surface area (Å²) in [6.07, 6.45) is 3.19. The minimum atomic E-state index is -4.94. The lowest BCUT2D eigenvalue weighted by atomic mass is 10.2. The molecule has 1 unspecified atom stereocenters. The molecule has 3 rings (SSSR count). The first-order valence-corrected chi connectivity index (χ1v) is 6.42. The van der Waals surface area contributed by atoms with Crippen molar-refractivity contribution in [2.24, 2.45) is 0 Å². The number of aromatic amines is 1. The fourth-order valence-corrected chi connectivity index (χ4v) is 2.11. The van der Waals surface area contributed by atoms with Gasteiger partial charge in [-0.05, 0) is 12.1 Å². The molecule has 0 amide bonds. The van der Waals surface area contributed by atoms with Gasteiger partial charge in [0.1, 0.15) is 5.65 Å². The van der Waals surface area contributed by atoms with Crippen molar-refractivity contribution in [3.63, 3.8) is 0 Å². The smallest absolute Gasteiger partial charge is 0.373 e. The summed E-state index contributed by atoms with van der Waals surface area (Å²) in [5.74, 6) is -0.368. The van der Waals surface area contributed by atoms with E-state index in [0.29, 0.717) is 11.0 Å². The molecule has 0 saturated carbocycles. The van der Waals surface area contributed by atoms with E-state index in [0.717, 1.165) is 10.9 Å². The maximum Gasteiger partial charge on any atom is 0.508 e. The molecule has 1 atom stereocenters. The van der Waals surface area contributed by atoms with Crippen LogP contribution in [-0.2, 0) is 11.1 Å². The molecule has 0 aliphatic carbocycles. The average molecular weight is 301 g/mol. The van der Waals surface area contributed by atoms with Crippen molar-refractivity contribution in [2.45, 2.75) is 5.51 Å². The third-order valence-corrected chi connectivity index (χ3v) is 3.28. The topological polar surface area (TPSA) is 67.9 Å². The molecule has 0 radical (unpaired) electrons. The second-order valence-corrected chi connectivity index (χ2v) is 4.95. The van der Waals surface area contributed by atoms with Crippen LogP contribution in [0.3, 0.4) is 0 Å². The quantitative estimate of drug-likeness (QED) is 0.790. The minimum Gasteiger partial charge on any atom is -0.373 e. The van der Waals surface area contributed by atoms with Crippen LogP contribution in [0.5, 0.6) is 5.88 Å². The molecule has 9 heteroatoms. The number of hydrogen-bond acceptors (Lipinski definition) is 4. The summed E-state index contributed by atoms with van der Waals surface area (Å²) in [7, 11) is 0. The highest BCUT2D eigenvalue weighted by atomic mass is 32.2. The minimum absolute atomic E-state index is 0.338. The predicted molar refractivity (Wildman–Crippen MR) is 66.2 cm³/mol. The van der Waals surface area contributed by atoms with Crippen LogP contribution in [-0.4, -0.2) is 24.7 Å². The highest BCUT2D eigenvalue weighted by molar-refractivity contribution is 7.81. The van der Waals surface area contributed by atoms with Gasteiger partial charge in [-0.25, -0.2) is 4.21 Å². The second-order valence-electron chi connectivity index (χ2n) is 3.86. The van der Waals surface area contributed by atoms with E-state index in [2.05, 4.69) is 19.1 Å². The van der Waals surface area contributed by atoms with Crippen molar-refractivity contribution in [1.29, 1.82) is 0 Å². The Hall–Kier alpha value is -2.16. The first-order chi connectivity index (χ1) is 9.45. The molecule has 3 aromatic rings. The van der Waals surface area contributed by atoms with E-state index in [-0.39, 0.29) is 5.88 Å². The number of nitrogens with zero attached hydrogens (tertiary/aromatic N) is 2. The second kappa shape index (κ2) is 4.44. The molecule has 0 aliphatic rings. The Morgan fingerprint density at radius 1 is 1.20 bits per heavy atom. The van der Waals surface area contributed by atoms with Crippen molar-refractivity contribution in [3.05, 3.63) is 30.6 Å². The van der Waals surface area contributed by atoms with Crippen LogP contribution in [0, 0.1) is 0 Å². The Morgan fingerprint density at radius 2 is 2.00 bits per heavy atom. The van der Waals surface area contributed by atoms with Gasteiger partial charge in [0.2, 0.25) is 5.88 Å². The molecule has 0 aliphatic heterocycles. The number of rotatable bonds is 2. The van der Waals surface area contributed by atoms with E-state index in [4.69, 9.17) is 0 Å². The van der Waals surface area contributed by atoms with Gasteiger partial charge in [0, 0.05) is 29.2 Å². The molecule has 20 heavy (non-hydrogen) atoms. The maximum absolute atomic E-state index is 12.1. The maximum atomic E-state index is 12.1. The van der Waals surface area contributed by atoms with Crippen LogP contribution < -0.4 is 4.18 Å². The van der Waals surface area contributed by atoms with Gasteiger partial charge in [-0.3, -0.25) is 4.98 Å². The van der Waals surface area contributed by atoms with E-state index in [1.807, 2.05) is 0 Å². The summed E-state index contributed by atoms with van der Waals surface area (Å²) in [5.41, 5.74) is -3.86. The number of hydrogen-bond donors (Lipinski definition) is 1. The van der Waals surface area contributed by atoms with E-state index in [1.54, 1.807) is 18.5 Å². The van der Waals surface area contributed by atoms with Crippen LogP contribution in [0.1, 0.15) is 0 Å². The number of nitrogens with one attached hydrogen (secondary N) is 1. The first-order valence-electron chi connectivity index (χ1n) is 5.34. The van der Waals surface area contributed by atoms with Gasteiger partial charge in [0.05, 0.1) is 5.52 Å². The van der Waals surface area contributed by atoms with Crippen LogP contribution in [0.4, 0.5) is 13.2 Å². The first kappa shape index (κ1) is 12.9. The SMILES string of the molecule is O=S(Oc1ccc2c(n1)[nH]c1ccncc12)C(F)(F)F. The Balaban J connectivity index is 2.03. The molecular weight excluding hydrogens is 295 g/mol. The lowest BCUT2D eigenvalue weighted by Gasteiger charge is -2.06. The number of fused-ring (bicyclic) bond motifs is 3. The fourth-order valence-electron chi connectivity index (χ4n) is 1.77. The molecule has 0 spiro atoms. The molecule has 0 fully saturated rings. The molecule has 3 aromatic heterocycles. The summed E-state index contributed by atoms with van der Waals surface area (Å²) >= 11 is -3.44. The van der Waals surface area contributed by atoms with Gasteiger partial charge in [0.25, 0.3) is 0 Å². The fraction of sp³-hybridized carbons (Fsp3) is 0.0909. The highest BCUT2D eigenvalue weighted by Gasteiger charge is 2.40. The zero-order valence-electron chi connectivity index (χ0n) is 9.64. The van der Waals surface area contributed by atoms with Crippen molar-refractivity contribution in [2.75, 3.05) is 0 Å². The van der Waals surface area contributed by atoms with Crippen LogP contribution in [0.15, 0.2) is 30.6 Å². The lowest BCUT2D eigenvalue weighted by Crippen LogP contribution is -2.21. The van der Waals surface area contributed by atoms with Crippen LogP contribution in [0.25, 0.3) is 21.9 Å². The molecule has 0 aromatic carbocycles. The highest BCUT2D eigenvalue weighted by Crippen LogP contribution is 2.27. The Morgan fingerprint density at radius 3 is 2.75 bits per heavy atom. The number of halogens is 3. The van der Waals surface area contributed by atoms with Crippen molar-refractivity contribution in [1.82, 2.24) is 15.0 Å². The monoisotopic (exact) mass is 301 g/mol. The summed E-state index contributed by atoms with van der Waals surface area (Å²) in [6, 6.07) is 4.48. The summed E-state index contributed by atoms with van der Waals surface area (Å²) in [5, 5.41) is 1.48. The summed E-state index contributed by atoms with van der Waals surface area (Å²) < 4.78 is 51.6. The Bertz CT molecular complexity index is 815. The van der Waals surface area contributed by atoms with Crippen LogP contribution in [0.2, 0.25) is 0 Å². The predicted octanol–water partition coefficient (Wildman–Crippen LogP) is 2.67. The number of H-pyrrole nitrogens is 1. The van der Waals surface area contributed by atoms with Crippen molar-refractivity contribution >= 4 is 33.0 Å². The zero-order chi connectivity index (χ0) is 14.3. The largest absolute Gasteiger partial charge is 0.508 e. The van der Waals surface area contributed by atoms with Crippen molar-refractivity contribution < 1.29 is 21.6 Å². The van der Waals surface area contributed by atoms with Gasteiger partial charge in [-0.15, -0.1) is 0 Å². The van der Waals surface area contributed by atoms with Gasteiger partial charge < -0.3 is 9.17 Å². The third-order valence-electron chi connectivity index (χ3n) is 2.58. The number of aromatic nitrogens is 3. The van der Waals surface area contributed by atoms with Crippen LogP contribution >= 0.6 is 0 Å². The molecule has 5 nitrogen and oxygen atoms in total. The Kier molecular flexibility index (Phi) is 2.85. The lowest BCUT2D eigenvalue weighted by molar-refractivity contribution is -0.0438. The van der Waals surface area contributed by atoms with Crippen molar-refractivity contribution in [3.8, 4) is 5.88 Å². The van der Waals surface area contributed by atoms with Gasteiger partial charge in [0.15, 0.2) is 0 Å². The molecule has 104 valence electrons. The summed E-state index contributed by atoms with van der Waals surface area (Å²) in [6.45, 7) is 0. The number of pyridine rings is 2. The van der Waals surface area contributed by atoms with Gasteiger partial charge in [-0.1, -0.05) is 0 Å². The van der Waals surface area contributed by atoms with Gasteiger partial charge in [-0.2, -0.15) is 18.2 Å². The standard InChI is InChI=1S/C11H6F3N3O2S/c12-11(13,14)20(18)19-9-2-1-6-7-5-15-4-3-8(7)16-10(6)17-9/h1-5H,(H,16,17). The molecule has 1 N–H and O–H groups in total. The van der Waals surface area contributed by atoms with E-state index in [1.165, 1.54) is 12.1 Å². The zero-order valence-corrected chi connectivity index (χ0v) is 10.5. The average Bonchev–Trinajstić information content (AvgIpc) is 2.75. The third kappa shape index (κ3) is 2.20. The van der Waals surface area contributed by atoms with E-state index in [9.17, 15) is 17.4 Å². The van der Waals surface area contributed by atoms with Gasteiger partial charge >= 0.3 is 16.6 Å².